The van der Waals surface area contributed by atoms with Gasteiger partial charge in [-0.25, -0.2) is 0 Å². The summed E-state index contributed by atoms with van der Waals surface area (Å²) in [5.41, 5.74) is 0. The summed E-state index contributed by atoms with van der Waals surface area (Å²) in [6.07, 6.45) is 3.49. The molecule has 2 aliphatic heterocycles. The fourth-order valence-corrected chi connectivity index (χ4v) is 6.72. The topological polar surface area (TPSA) is 29.5 Å². The molecule has 3 rings (SSSR count). The molecule has 2 fully saturated rings. The van der Waals surface area contributed by atoms with E-state index in [1.165, 1.54) is 23.8 Å². The van der Waals surface area contributed by atoms with Gasteiger partial charge >= 0.3 is 133 Å². The van der Waals surface area contributed by atoms with Gasteiger partial charge in [0.1, 0.15) is 0 Å². The van der Waals surface area contributed by atoms with Gasteiger partial charge in [-0.3, -0.25) is 0 Å². The molecule has 114 valence electrons. The van der Waals surface area contributed by atoms with Crippen molar-refractivity contribution in [3.05, 3.63) is 30.3 Å². The van der Waals surface area contributed by atoms with E-state index in [-0.39, 0.29) is 11.9 Å². The van der Waals surface area contributed by atoms with Crippen LogP contribution in [0, 0.1) is 5.92 Å². The van der Waals surface area contributed by atoms with E-state index >= 15 is 0 Å². The Morgan fingerprint density at radius 2 is 2.10 bits per heavy atom. The number of fused-ring (bicyclic) bond motifs is 1. The van der Waals surface area contributed by atoms with Crippen molar-refractivity contribution < 1.29 is 9.53 Å². The first kappa shape index (κ1) is 15.1. The van der Waals surface area contributed by atoms with Crippen molar-refractivity contribution in [2.45, 2.75) is 37.0 Å². The van der Waals surface area contributed by atoms with Crippen LogP contribution in [-0.4, -0.2) is 51.6 Å². The van der Waals surface area contributed by atoms with Crippen LogP contribution in [0.1, 0.15) is 26.2 Å². The molecule has 1 aromatic rings. The molecule has 0 saturated carbocycles. The molecule has 0 unspecified atom stereocenters. The van der Waals surface area contributed by atoms with Gasteiger partial charge in [0.2, 0.25) is 0 Å². The van der Waals surface area contributed by atoms with Crippen molar-refractivity contribution in [3.8, 4) is 0 Å². The van der Waals surface area contributed by atoms with E-state index < -0.39 is 0 Å². The van der Waals surface area contributed by atoms with Crippen molar-refractivity contribution in [1.29, 1.82) is 0 Å². The van der Waals surface area contributed by atoms with Crippen LogP contribution in [0.2, 0.25) is 4.82 Å². The predicted molar refractivity (Wildman–Crippen MR) is 84.9 cm³/mol. The fraction of sp³-hybridized carbons (Fsp3) is 0.588. The molecule has 21 heavy (non-hydrogen) atoms. The first-order valence-electron chi connectivity index (χ1n) is 7.92. The van der Waals surface area contributed by atoms with E-state index in [1.807, 2.05) is 6.92 Å². The van der Waals surface area contributed by atoms with Crippen molar-refractivity contribution in [2.75, 3.05) is 19.7 Å². The Hall–Kier alpha value is -0.831. The number of carbonyl (C=O) groups excluding carboxylic acids is 1. The van der Waals surface area contributed by atoms with Crippen LogP contribution in [0.4, 0.5) is 0 Å². The quantitative estimate of drug-likeness (QED) is 0.612. The molecule has 2 aliphatic rings. The fourth-order valence-electron chi connectivity index (χ4n) is 3.56. The molecule has 0 radical (unpaired) electrons. The SMILES string of the molecule is CCOC(=O)[C@H]1CCN2CCC[C@H]2[C@@H]1[Se]c1ccccc1. The first-order valence-corrected chi connectivity index (χ1v) is 9.76. The number of hydrogen-bond donors (Lipinski definition) is 0. The molecule has 2 heterocycles. The molecule has 3 atom stereocenters. The van der Waals surface area contributed by atoms with E-state index in [0.29, 0.717) is 32.4 Å². The third kappa shape index (κ3) is 3.33. The second-order valence-electron chi connectivity index (χ2n) is 5.79. The number of benzene rings is 1. The van der Waals surface area contributed by atoms with Gasteiger partial charge in [-0.05, 0) is 0 Å². The van der Waals surface area contributed by atoms with Gasteiger partial charge < -0.3 is 0 Å². The summed E-state index contributed by atoms with van der Waals surface area (Å²) < 4.78 is 6.75. The Bertz CT molecular complexity index is 479. The van der Waals surface area contributed by atoms with Gasteiger partial charge in [0.15, 0.2) is 0 Å². The maximum atomic E-state index is 12.4. The number of piperidine rings is 1. The third-order valence-corrected chi connectivity index (χ3v) is 7.58. The summed E-state index contributed by atoms with van der Waals surface area (Å²) in [7, 11) is 0. The van der Waals surface area contributed by atoms with Crippen LogP contribution in [0.5, 0.6) is 0 Å². The molecule has 3 nitrogen and oxygen atoms in total. The molecule has 0 aromatic heterocycles. The Morgan fingerprint density at radius 3 is 2.86 bits per heavy atom. The number of rotatable bonds is 4. The summed E-state index contributed by atoms with van der Waals surface area (Å²) in [6.45, 7) is 4.67. The number of hydrogen-bond acceptors (Lipinski definition) is 3. The summed E-state index contributed by atoms with van der Waals surface area (Å²) in [4.78, 5) is 15.4. The van der Waals surface area contributed by atoms with Crippen LogP contribution in [0.3, 0.4) is 0 Å². The second-order valence-corrected chi connectivity index (χ2v) is 8.41. The van der Waals surface area contributed by atoms with Crippen LogP contribution in [0.15, 0.2) is 30.3 Å². The van der Waals surface area contributed by atoms with E-state index in [9.17, 15) is 4.79 Å². The summed E-state index contributed by atoms with van der Waals surface area (Å²) in [5.74, 6) is 0.136. The van der Waals surface area contributed by atoms with Crippen molar-refractivity contribution in [1.82, 2.24) is 4.90 Å². The third-order valence-electron chi connectivity index (χ3n) is 4.52. The van der Waals surface area contributed by atoms with Crippen LogP contribution in [0.25, 0.3) is 0 Å². The molecule has 1 aromatic carbocycles. The Morgan fingerprint density at radius 1 is 1.29 bits per heavy atom. The van der Waals surface area contributed by atoms with Crippen LogP contribution < -0.4 is 4.46 Å². The zero-order valence-corrected chi connectivity index (χ0v) is 14.2. The van der Waals surface area contributed by atoms with Crippen LogP contribution in [-0.2, 0) is 9.53 Å². The number of nitrogens with zero attached hydrogens (tertiary/aromatic N) is 1. The number of ether oxygens (including phenoxy) is 1. The minimum absolute atomic E-state index is 0.0341. The van der Waals surface area contributed by atoms with E-state index in [1.54, 1.807) is 0 Å². The van der Waals surface area contributed by atoms with Gasteiger partial charge in [-0.15, -0.1) is 0 Å². The molecule has 0 bridgehead atoms. The standard InChI is InChI=1S/C17H23NO2Se/c1-2-20-17(19)14-10-12-18-11-6-9-15(18)16(14)21-13-7-4-3-5-8-13/h3-5,7-8,14-16H,2,6,9-12H2,1H3/t14-,15-,16+/m0/s1. The van der Waals surface area contributed by atoms with Crippen molar-refractivity contribution in [3.63, 3.8) is 0 Å². The summed E-state index contributed by atoms with van der Waals surface area (Å²) in [6, 6.07) is 11.3. The van der Waals surface area contributed by atoms with Gasteiger partial charge in [0.25, 0.3) is 0 Å². The summed E-state index contributed by atoms with van der Waals surface area (Å²) in [5, 5.41) is 0. The Kier molecular flexibility index (Phi) is 4.99. The molecular formula is C17H23NO2Se. The molecule has 2 saturated heterocycles. The normalized spacial score (nSPS) is 29.1. The Labute approximate surface area is 133 Å². The molecule has 0 amide bonds. The van der Waals surface area contributed by atoms with E-state index in [4.69, 9.17) is 4.74 Å². The zero-order valence-electron chi connectivity index (χ0n) is 12.5. The van der Waals surface area contributed by atoms with E-state index in [2.05, 4.69) is 35.2 Å². The molecule has 0 N–H and O–H groups in total. The number of carbonyl (C=O) groups is 1. The van der Waals surface area contributed by atoms with Crippen molar-refractivity contribution in [2.24, 2.45) is 5.92 Å². The van der Waals surface area contributed by atoms with Crippen molar-refractivity contribution >= 4 is 25.4 Å². The van der Waals surface area contributed by atoms with Gasteiger partial charge in [0, 0.05) is 0 Å². The zero-order chi connectivity index (χ0) is 14.7. The molecule has 0 aliphatic carbocycles. The van der Waals surface area contributed by atoms with Gasteiger partial charge in [0.05, 0.1) is 0 Å². The average Bonchev–Trinajstić information content (AvgIpc) is 2.98. The number of esters is 1. The maximum absolute atomic E-state index is 12.4. The predicted octanol–water partition coefficient (Wildman–Crippen LogP) is 1.85. The molecule has 0 spiro atoms. The van der Waals surface area contributed by atoms with E-state index in [0.717, 1.165) is 13.0 Å². The monoisotopic (exact) mass is 353 g/mol. The second kappa shape index (κ2) is 6.95. The summed E-state index contributed by atoms with van der Waals surface area (Å²) >= 11 is 0.340. The molecule has 4 heteroatoms. The molecular weight excluding hydrogens is 329 g/mol. The minimum atomic E-state index is 0.0341. The van der Waals surface area contributed by atoms with Crippen LogP contribution >= 0.6 is 0 Å². The first-order chi connectivity index (χ1) is 10.3. The Balaban J connectivity index is 1.79. The van der Waals surface area contributed by atoms with Gasteiger partial charge in [-0.2, -0.15) is 0 Å². The average molecular weight is 352 g/mol. The van der Waals surface area contributed by atoms with Gasteiger partial charge in [-0.1, -0.05) is 0 Å².